The van der Waals surface area contributed by atoms with E-state index in [2.05, 4.69) is 53.7 Å². The molecule has 0 radical (unpaired) electrons. The maximum atomic E-state index is 12.6. The number of nitrogens with zero attached hydrogens (tertiary/aromatic N) is 3. The van der Waals surface area contributed by atoms with Crippen LogP contribution in [-0.2, 0) is 18.3 Å². The number of Topliss-reactive ketones (excluding diaryl/α,β-unsaturated/α-hetero) is 1. The summed E-state index contributed by atoms with van der Waals surface area (Å²) in [6.45, 7) is 6.51. The van der Waals surface area contributed by atoms with E-state index in [4.69, 9.17) is 9.72 Å². The number of piperidine rings is 1. The topological polar surface area (TPSA) is 81.1 Å². The minimum absolute atomic E-state index is 0.238. The summed E-state index contributed by atoms with van der Waals surface area (Å²) in [5.74, 6) is 3.49. The number of fused-ring (bicyclic) bond motifs is 1. The van der Waals surface area contributed by atoms with Crippen LogP contribution in [0.15, 0.2) is 60.8 Å². The van der Waals surface area contributed by atoms with E-state index in [1.807, 2.05) is 41.9 Å². The zero-order chi connectivity index (χ0) is 26.5. The Bertz CT molecular complexity index is 1400. The molecule has 38 heavy (non-hydrogen) atoms. The van der Waals surface area contributed by atoms with Gasteiger partial charge in [0.2, 0.25) is 5.95 Å². The van der Waals surface area contributed by atoms with Crippen LogP contribution in [0.4, 0.5) is 11.6 Å². The second-order valence-corrected chi connectivity index (χ2v) is 10.6. The van der Waals surface area contributed by atoms with Crippen LogP contribution in [0, 0.1) is 5.92 Å². The van der Waals surface area contributed by atoms with Gasteiger partial charge in [-0.25, -0.2) is 4.98 Å². The molecule has 1 saturated heterocycles. The first-order valence-corrected chi connectivity index (χ1v) is 13.6. The van der Waals surface area contributed by atoms with E-state index in [0.29, 0.717) is 36.2 Å². The zero-order valence-electron chi connectivity index (χ0n) is 22.5. The van der Waals surface area contributed by atoms with Gasteiger partial charge in [-0.05, 0) is 80.1 Å². The SMILES string of the molecule is CC(C)c1cccc(Nc2nc3cc(Oc4ccnc(CC(=O)CCC5CCNCC5)c4)ccc3n2C)c1. The van der Waals surface area contributed by atoms with Crippen LogP contribution in [0.1, 0.15) is 56.7 Å². The van der Waals surface area contributed by atoms with Gasteiger partial charge in [0.05, 0.1) is 16.7 Å². The number of hydrogen-bond acceptors (Lipinski definition) is 6. The number of aryl methyl sites for hydroxylation is 1. The third kappa shape index (κ3) is 6.40. The molecule has 198 valence electrons. The minimum Gasteiger partial charge on any atom is -0.457 e. The fourth-order valence-electron chi connectivity index (χ4n) is 5.04. The smallest absolute Gasteiger partial charge is 0.208 e. The summed E-state index contributed by atoms with van der Waals surface area (Å²) in [4.78, 5) is 21.8. The van der Waals surface area contributed by atoms with E-state index in [9.17, 15) is 4.79 Å². The van der Waals surface area contributed by atoms with Crippen LogP contribution in [0.3, 0.4) is 0 Å². The summed E-state index contributed by atoms with van der Waals surface area (Å²) in [7, 11) is 2.00. The lowest BCUT2D eigenvalue weighted by atomic mass is 9.92. The Hall–Kier alpha value is -3.71. The first-order chi connectivity index (χ1) is 18.4. The van der Waals surface area contributed by atoms with Gasteiger partial charge in [0, 0.05) is 43.9 Å². The summed E-state index contributed by atoms with van der Waals surface area (Å²) in [5.41, 5.74) is 4.89. The quantitative estimate of drug-likeness (QED) is 0.252. The van der Waals surface area contributed by atoms with Crippen molar-refractivity contribution >= 4 is 28.5 Å². The molecule has 0 spiro atoms. The fourth-order valence-corrected chi connectivity index (χ4v) is 5.04. The number of carbonyl (C=O) groups is 1. The summed E-state index contributed by atoms with van der Waals surface area (Å²) in [5, 5.41) is 6.83. The third-order valence-corrected chi connectivity index (χ3v) is 7.35. The molecule has 7 heteroatoms. The molecule has 2 aromatic heterocycles. The predicted molar refractivity (Wildman–Crippen MR) is 152 cm³/mol. The molecule has 0 amide bonds. The first kappa shape index (κ1) is 25.9. The number of benzene rings is 2. The van der Waals surface area contributed by atoms with E-state index < -0.39 is 0 Å². The average molecular weight is 512 g/mol. The lowest BCUT2D eigenvalue weighted by molar-refractivity contribution is -0.118. The number of aromatic nitrogens is 3. The predicted octanol–water partition coefficient (Wildman–Crippen LogP) is 6.52. The second kappa shape index (κ2) is 11.8. The molecule has 2 aromatic carbocycles. The molecule has 4 aromatic rings. The number of rotatable bonds is 10. The third-order valence-electron chi connectivity index (χ3n) is 7.35. The van der Waals surface area contributed by atoms with E-state index >= 15 is 0 Å². The summed E-state index contributed by atoms with van der Waals surface area (Å²) in [6.07, 6.45) is 5.97. The number of carbonyl (C=O) groups excluding carboxylic acids is 1. The first-order valence-electron chi connectivity index (χ1n) is 13.6. The van der Waals surface area contributed by atoms with Gasteiger partial charge in [0.15, 0.2) is 0 Å². The normalized spacial score (nSPS) is 14.2. The number of nitrogens with one attached hydrogen (secondary N) is 2. The van der Waals surface area contributed by atoms with Crippen molar-refractivity contribution in [3.05, 3.63) is 72.1 Å². The minimum atomic E-state index is 0.238. The molecule has 2 N–H and O–H groups in total. The molecule has 0 bridgehead atoms. The monoisotopic (exact) mass is 511 g/mol. The van der Waals surface area contributed by atoms with Gasteiger partial charge in [-0.1, -0.05) is 26.0 Å². The molecule has 3 heterocycles. The molecule has 1 aliphatic heterocycles. The number of imidazole rings is 1. The molecule has 0 atom stereocenters. The molecular weight excluding hydrogens is 474 g/mol. The summed E-state index contributed by atoms with van der Waals surface area (Å²) < 4.78 is 8.19. The van der Waals surface area contributed by atoms with Gasteiger partial charge in [-0.3, -0.25) is 9.78 Å². The highest BCUT2D eigenvalue weighted by molar-refractivity contribution is 5.81. The molecule has 5 rings (SSSR count). The Labute approximate surface area is 224 Å². The lowest BCUT2D eigenvalue weighted by Crippen LogP contribution is -2.28. The van der Waals surface area contributed by atoms with Crippen molar-refractivity contribution in [2.75, 3.05) is 18.4 Å². The van der Waals surface area contributed by atoms with Crippen molar-refractivity contribution in [1.82, 2.24) is 19.9 Å². The van der Waals surface area contributed by atoms with Gasteiger partial charge >= 0.3 is 0 Å². The Morgan fingerprint density at radius 1 is 1.11 bits per heavy atom. The molecular formula is C31H37N5O2. The van der Waals surface area contributed by atoms with Crippen molar-refractivity contribution in [2.24, 2.45) is 13.0 Å². The Morgan fingerprint density at radius 3 is 2.74 bits per heavy atom. The molecule has 1 fully saturated rings. The number of ketones is 1. The van der Waals surface area contributed by atoms with Crippen LogP contribution in [0.2, 0.25) is 0 Å². The second-order valence-electron chi connectivity index (χ2n) is 10.6. The maximum Gasteiger partial charge on any atom is 0.208 e. The molecule has 0 aliphatic carbocycles. The van der Waals surface area contributed by atoms with Crippen molar-refractivity contribution in [3.63, 3.8) is 0 Å². The average Bonchev–Trinajstić information content (AvgIpc) is 3.22. The van der Waals surface area contributed by atoms with Gasteiger partial charge in [0.25, 0.3) is 0 Å². The summed E-state index contributed by atoms with van der Waals surface area (Å²) in [6, 6.07) is 18.0. The van der Waals surface area contributed by atoms with Crippen LogP contribution >= 0.6 is 0 Å². The Morgan fingerprint density at radius 2 is 1.92 bits per heavy atom. The Balaban J connectivity index is 1.24. The van der Waals surface area contributed by atoms with Crippen molar-refractivity contribution in [2.45, 2.75) is 51.9 Å². The highest BCUT2D eigenvalue weighted by Crippen LogP contribution is 2.29. The molecule has 0 saturated carbocycles. The van der Waals surface area contributed by atoms with Crippen molar-refractivity contribution in [1.29, 1.82) is 0 Å². The van der Waals surface area contributed by atoms with Crippen molar-refractivity contribution < 1.29 is 9.53 Å². The van der Waals surface area contributed by atoms with E-state index in [1.54, 1.807) is 6.20 Å². The zero-order valence-corrected chi connectivity index (χ0v) is 22.5. The standard InChI is InChI=1S/C31H37N5O2/c1-21(2)23-5-4-6-24(17-23)34-31-35-29-20-27(9-10-30(29)36(31)3)38-28-13-16-33-25(19-28)18-26(37)8-7-22-11-14-32-15-12-22/h4-6,9-10,13,16-17,19-22,32H,7-8,11-12,14-15,18H2,1-3H3,(H,34,35). The fraction of sp³-hybridized carbons (Fsp3) is 0.387. The number of hydrogen-bond donors (Lipinski definition) is 2. The van der Waals surface area contributed by atoms with Crippen LogP contribution < -0.4 is 15.4 Å². The molecule has 0 unspecified atom stereocenters. The van der Waals surface area contributed by atoms with E-state index in [0.717, 1.165) is 47.9 Å². The molecule has 1 aliphatic rings. The lowest BCUT2D eigenvalue weighted by Gasteiger charge is -2.22. The number of ether oxygens (including phenoxy) is 1. The van der Waals surface area contributed by atoms with Crippen molar-refractivity contribution in [3.8, 4) is 11.5 Å². The van der Waals surface area contributed by atoms with E-state index in [-0.39, 0.29) is 5.78 Å². The number of pyridine rings is 1. The van der Waals surface area contributed by atoms with Gasteiger partial charge in [-0.2, -0.15) is 0 Å². The van der Waals surface area contributed by atoms with Gasteiger partial charge in [-0.15, -0.1) is 0 Å². The van der Waals surface area contributed by atoms with E-state index in [1.165, 1.54) is 18.4 Å². The largest absolute Gasteiger partial charge is 0.457 e. The van der Waals surface area contributed by atoms with Crippen LogP contribution in [-0.4, -0.2) is 33.4 Å². The summed E-state index contributed by atoms with van der Waals surface area (Å²) >= 11 is 0. The molecule has 7 nitrogen and oxygen atoms in total. The van der Waals surface area contributed by atoms with Gasteiger partial charge < -0.3 is 19.9 Å². The Kier molecular flexibility index (Phi) is 8.03. The van der Waals surface area contributed by atoms with Gasteiger partial charge in [0.1, 0.15) is 17.3 Å². The van der Waals surface area contributed by atoms with Crippen LogP contribution in [0.5, 0.6) is 11.5 Å². The highest BCUT2D eigenvalue weighted by Gasteiger charge is 2.15. The highest BCUT2D eigenvalue weighted by atomic mass is 16.5. The maximum absolute atomic E-state index is 12.6. The van der Waals surface area contributed by atoms with Crippen LogP contribution in [0.25, 0.3) is 11.0 Å². The number of anilines is 2.